The predicted octanol–water partition coefficient (Wildman–Crippen LogP) is 3.45. The molecular weight excluding hydrogens is 314 g/mol. The molecule has 2 aromatic rings. The quantitative estimate of drug-likeness (QED) is 0.861. The lowest BCUT2D eigenvalue weighted by atomic mass is 10.1. The van der Waals surface area contributed by atoms with Crippen molar-refractivity contribution in [2.24, 2.45) is 0 Å². The Kier molecular flexibility index (Phi) is 4.84. The number of carbonyl (C=O) groups is 1. The summed E-state index contributed by atoms with van der Waals surface area (Å²) >= 11 is 5.92. The fourth-order valence-corrected chi connectivity index (χ4v) is 2.73. The van der Waals surface area contributed by atoms with Gasteiger partial charge in [-0.15, -0.1) is 0 Å². The van der Waals surface area contributed by atoms with Gasteiger partial charge in [-0.1, -0.05) is 35.9 Å². The fraction of sp³-hybridized carbons (Fsp3) is 0.278. The summed E-state index contributed by atoms with van der Waals surface area (Å²) in [5.41, 5.74) is 2.09. The first-order chi connectivity index (χ1) is 11.2. The number of morpholine rings is 1. The molecule has 0 radical (unpaired) electrons. The van der Waals surface area contributed by atoms with Crippen LogP contribution in [0.15, 0.2) is 48.5 Å². The summed E-state index contributed by atoms with van der Waals surface area (Å²) in [4.78, 5) is 13.9. The summed E-state index contributed by atoms with van der Waals surface area (Å²) in [6, 6.07) is 15.3. The minimum absolute atomic E-state index is 0.00558. The van der Waals surface area contributed by atoms with Crippen molar-refractivity contribution >= 4 is 17.5 Å². The number of ether oxygens (including phenoxy) is 2. The van der Waals surface area contributed by atoms with Gasteiger partial charge in [0, 0.05) is 11.6 Å². The van der Waals surface area contributed by atoms with Gasteiger partial charge >= 0.3 is 0 Å². The van der Waals surface area contributed by atoms with Gasteiger partial charge < -0.3 is 14.4 Å². The minimum atomic E-state index is -0.122. The molecule has 4 nitrogen and oxygen atoms in total. The number of hydrogen-bond acceptors (Lipinski definition) is 3. The number of nitrogens with zero attached hydrogens (tertiary/aromatic N) is 1. The van der Waals surface area contributed by atoms with Gasteiger partial charge in [0.25, 0.3) is 0 Å². The van der Waals surface area contributed by atoms with E-state index in [9.17, 15) is 4.79 Å². The number of methoxy groups -OCH3 is 1. The first-order valence-corrected chi connectivity index (χ1v) is 7.81. The Labute approximate surface area is 140 Å². The number of hydrogen-bond donors (Lipinski definition) is 0. The van der Waals surface area contributed by atoms with Crippen molar-refractivity contribution in [2.45, 2.75) is 12.6 Å². The van der Waals surface area contributed by atoms with E-state index in [2.05, 4.69) is 0 Å². The normalized spacial score (nSPS) is 18.1. The van der Waals surface area contributed by atoms with Crippen LogP contribution in [0.3, 0.4) is 0 Å². The maximum Gasteiger partial charge on any atom is 0.249 e. The Morgan fingerprint density at radius 3 is 2.52 bits per heavy atom. The van der Waals surface area contributed by atoms with Gasteiger partial charge in [0.05, 0.1) is 13.7 Å². The Morgan fingerprint density at radius 1 is 1.17 bits per heavy atom. The van der Waals surface area contributed by atoms with E-state index in [1.807, 2.05) is 53.4 Å². The second-order valence-corrected chi connectivity index (χ2v) is 5.91. The van der Waals surface area contributed by atoms with Crippen molar-refractivity contribution in [3.05, 3.63) is 64.7 Å². The third-order valence-corrected chi connectivity index (χ3v) is 4.17. The van der Waals surface area contributed by atoms with Crippen LogP contribution >= 0.6 is 11.6 Å². The molecule has 1 atom stereocenters. The number of halogens is 1. The zero-order valence-corrected chi connectivity index (χ0v) is 13.6. The highest BCUT2D eigenvalue weighted by Crippen LogP contribution is 2.25. The molecule has 1 amide bonds. The molecule has 120 valence electrons. The van der Waals surface area contributed by atoms with Crippen molar-refractivity contribution in [2.75, 3.05) is 20.3 Å². The molecule has 1 aliphatic rings. The number of rotatable bonds is 4. The average molecular weight is 332 g/mol. The number of benzene rings is 2. The largest absolute Gasteiger partial charge is 0.497 e. The molecule has 1 heterocycles. The molecule has 0 saturated carbocycles. The van der Waals surface area contributed by atoms with Gasteiger partial charge in [0.15, 0.2) is 0 Å². The van der Waals surface area contributed by atoms with E-state index >= 15 is 0 Å². The van der Waals surface area contributed by atoms with E-state index in [1.54, 1.807) is 7.11 Å². The predicted molar refractivity (Wildman–Crippen MR) is 88.6 cm³/mol. The van der Waals surface area contributed by atoms with E-state index < -0.39 is 0 Å². The van der Waals surface area contributed by atoms with E-state index in [1.165, 1.54) is 0 Å². The summed E-state index contributed by atoms with van der Waals surface area (Å²) in [6.07, 6.45) is -0.122. The van der Waals surface area contributed by atoms with Crippen molar-refractivity contribution < 1.29 is 14.3 Å². The molecule has 0 bridgehead atoms. The molecule has 3 rings (SSSR count). The molecule has 1 saturated heterocycles. The van der Waals surface area contributed by atoms with Crippen molar-refractivity contribution in [3.8, 4) is 5.75 Å². The number of carbonyl (C=O) groups excluding carboxylic acids is 1. The molecule has 0 aromatic heterocycles. The van der Waals surface area contributed by atoms with E-state index in [4.69, 9.17) is 21.1 Å². The van der Waals surface area contributed by atoms with Gasteiger partial charge in [-0.25, -0.2) is 0 Å². The summed E-state index contributed by atoms with van der Waals surface area (Å²) in [6.45, 7) is 1.20. The van der Waals surface area contributed by atoms with Crippen LogP contribution in [0.1, 0.15) is 17.2 Å². The molecular formula is C18H18ClNO3. The molecule has 1 fully saturated rings. The third-order valence-electron chi connectivity index (χ3n) is 3.92. The van der Waals surface area contributed by atoms with Gasteiger partial charge in [-0.3, -0.25) is 4.79 Å². The van der Waals surface area contributed by atoms with E-state index in [-0.39, 0.29) is 18.6 Å². The lowest BCUT2D eigenvalue weighted by Crippen LogP contribution is -2.42. The smallest absolute Gasteiger partial charge is 0.249 e. The van der Waals surface area contributed by atoms with Crippen molar-refractivity contribution in [3.63, 3.8) is 0 Å². The highest BCUT2D eigenvalue weighted by molar-refractivity contribution is 6.30. The van der Waals surface area contributed by atoms with Gasteiger partial charge in [-0.2, -0.15) is 0 Å². The lowest BCUT2D eigenvalue weighted by molar-refractivity contribution is -0.150. The van der Waals surface area contributed by atoms with Crippen LogP contribution in [0.4, 0.5) is 0 Å². The number of amides is 1. The van der Waals surface area contributed by atoms with Crippen molar-refractivity contribution in [1.29, 1.82) is 0 Å². The average Bonchev–Trinajstić information content (AvgIpc) is 2.58. The third kappa shape index (κ3) is 3.84. The topological polar surface area (TPSA) is 38.8 Å². The summed E-state index contributed by atoms with van der Waals surface area (Å²) in [5.74, 6) is 0.812. The van der Waals surface area contributed by atoms with E-state index in [0.717, 1.165) is 16.9 Å². The second-order valence-electron chi connectivity index (χ2n) is 5.47. The molecule has 23 heavy (non-hydrogen) atoms. The van der Waals surface area contributed by atoms with Gasteiger partial charge in [0.1, 0.15) is 18.5 Å². The van der Waals surface area contributed by atoms with E-state index in [0.29, 0.717) is 18.1 Å². The molecule has 0 unspecified atom stereocenters. The molecule has 5 heteroatoms. The van der Waals surface area contributed by atoms with Gasteiger partial charge in [-0.05, 0) is 35.4 Å². The lowest BCUT2D eigenvalue weighted by Gasteiger charge is -2.33. The maximum absolute atomic E-state index is 12.1. The van der Waals surface area contributed by atoms with Crippen LogP contribution in [-0.2, 0) is 16.1 Å². The Balaban J connectivity index is 1.70. The Hall–Kier alpha value is -2.04. The first-order valence-electron chi connectivity index (χ1n) is 7.43. The highest BCUT2D eigenvalue weighted by atomic mass is 35.5. The molecule has 0 spiro atoms. The second kappa shape index (κ2) is 7.02. The monoisotopic (exact) mass is 331 g/mol. The standard InChI is InChI=1S/C18H18ClNO3/c1-22-16-8-2-13(3-9-16)10-20-11-17(23-12-18(20)21)14-4-6-15(19)7-5-14/h2-9,17H,10-12H2,1H3/t17-/m0/s1. The zero-order chi connectivity index (χ0) is 16.2. The van der Waals surface area contributed by atoms with Crippen LogP contribution in [-0.4, -0.2) is 31.1 Å². The maximum atomic E-state index is 12.1. The minimum Gasteiger partial charge on any atom is -0.497 e. The van der Waals surface area contributed by atoms with Crippen molar-refractivity contribution in [1.82, 2.24) is 4.90 Å². The summed E-state index contributed by atoms with van der Waals surface area (Å²) < 4.78 is 10.8. The first kappa shape index (κ1) is 15.8. The Morgan fingerprint density at radius 2 is 1.87 bits per heavy atom. The van der Waals surface area contributed by atoms with Crippen LogP contribution in [0.25, 0.3) is 0 Å². The Bertz CT molecular complexity index is 670. The van der Waals surface area contributed by atoms with Crippen LogP contribution in [0.5, 0.6) is 5.75 Å². The summed E-state index contributed by atoms with van der Waals surface area (Å²) in [7, 11) is 1.64. The van der Waals surface area contributed by atoms with Crippen LogP contribution in [0, 0.1) is 0 Å². The fourth-order valence-electron chi connectivity index (χ4n) is 2.60. The SMILES string of the molecule is COc1ccc(CN2C[C@@H](c3ccc(Cl)cc3)OCC2=O)cc1. The zero-order valence-electron chi connectivity index (χ0n) is 12.9. The molecule has 0 aliphatic carbocycles. The molecule has 1 aliphatic heterocycles. The summed E-state index contributed by atoms with van der Waals surface area (Å²) in [5, 5.41) is 0.690. The highest BCUT2D eigenvalue weighted by Gasteiger charge is 2.27. The van der Waals surface area contributed by atoms with Crippen LogP contribution in [0.2, 0.25) is 5.02 Å². The molecule has 2 aromatic carbocycles. The molecule has 0 N–H and O–H groups in total. The van der Waals surface area contributed by atoms with Crippen LogP contribution < -0.4 is 4.74 Å². The van der Waals surface area contributed by atoms with Gasteiger partial charge in [0.2, 0.25) is 5.91 Å².